The first kappa shape index (κ1) is 13.6. The molecule has 0 bridgehead atoms. The van der Waals surface area contributed by atoms with E-state index < -0.39 is 0 Å². The van der Waals surface area contributed by atoms with E-state index >= 15 is 0 Å². The summed E-state index contributed by atoms with van der Waals surface area (Å²) < 4.78 is 1.58. The van der Waals surface area contributed by atoms with Crippen LogP contribution in [0.5, 0.6) is 11.5 Å². The Kier molecular flexibility index (Phi) is 4.81. The number of halogens is 2. The summed E-state index contributed by atoms with van der Waals surface area (Å²) in [7, 11) is 0. The highest BCUT2D eigenvalue weighted by Crippen LogP contribution is 2.26. The second-order valence-corrected chi connectivity index (χ2v) is 5.80. The third kappa shape index (κ3) is 3.58. The molecule has 0 atom stereocenters. The van der Waals surface area contributed by atoms with E-state index in [0.717, 1.165) is 12.7 Å². The van der Waals surface area contributed by atoms with Gasteiger partial charge in [-0.25, -0.2) is 0 Å². The van der Waals surface area contributed by atoms with Gasteiger partial charge < -0.3 is 9.94 Å². The van der Waals surface area contributed by atoms with Crippen molar-refractivity contribution in [3.63, 3.8) is 0 Å². The van der Waals surface area contributed by atoms with Gasteiger partial charge in [0.1, 0.15) is 5.75 Å². The molecule has 0 amide bonds. The number of phenols is 1. The van der Waals surface area contributed by atoms with Crippen LogP contribution in [-0.2, 0) is 0 Å². The smallest absolute Gasteiger partial charge is 0.157 e. The van der Waals surface area contributed by atoms with Gasteiger partial charge >= 0.3 is 0 Å². The fourth-order valence-corrected chi connectivity index (χ4v) is 3.11. The van der Waals surface area contributed by atoms with Crippen molar-refractivity contribution < 1.29 is 9.94 Å². The van der Waals surface area contributed by atoms with Gasteiger partial charge in [-0.3, -0.25) is 0 Å². The molecule has 0 spiro atoms. The van der Waals surface area contributed by atoms with Crippen LogP contribution in [-0.4, -0.2) is 11.3 Å². The number of rotatable bonds is 3. The minimum absolute atomic E-state index is 0.303. The maximum Gasteiger partial charge on any atom is 0.157 e. The van der Waals surface area contributed by atoms with Gasteiger partial charge in [0.2, 0.25) is 0 Å². The van der Waals surface area contributed by atoms with E-state index in [1.807, 2.05) is 42.5 Å². The first-order valence-corrected chi connectivity index (χ1v) is 7.26. The maximum absolute atomic E-state index is 9.64. The van der Waals surface area contributed by atoms with Crippen LogP contribution >= 0.6 is 45.2 Å². The van der Waals surface area contributed by atoms with E-state index in [1.54, 1.807) is 6.21 Å². The Hall–Kier alpha value is -0.830. The maximum atomic E-state index is 9.64. The molecule has 0 aliphatic carbocycles. The number of phenolic OH excluding ortho intramolecular Hbond substituents is 1. The normalized spacial score (nSPS) is 10.8. The number of hydrogen-bond donors (Lipinski definition) is 1. The topological polar surface area (TPSA) is 41.8 Å². The van der Waals surface area contributed by atoms with Crippen molar-refractivity contribution in [1.82, 2.24) is 0 Å². The van der Waals surface area contributed by atoms with Crippen LogP contribution in [0, 0.1) is 7.14 Å². The largest absolute Gasteiger partial charge is 0.506 e. The van der Waals surface area contributed by atoms with Gasteiger partial charge in [-0.05, 0) is 75.0 Å². The van der Waals surface area contributed by atoms with Crippen LogP contribution in [0.2, 0.25) is 0 Å². The summed E-state index contributed by atoms with van der Waals surface area (Å²) >= 11 is 4.16. The minimum Gasteiger partial charge on any atom is -0.506 e. The third-order valence-corrected chi connectivity index (χ3v) is 3.79. The Morgan fingerprint density at radius 1 is 1.06 bits per heavy atom. The van der Waals surface area contributed by atoms with E-state index in [0.29, 0.717) is 11.5 Å². The highest BCUT2D eigenvalue weighted by atomic mass is 127. The highest BCUT2D eigenvalue weighted by molar-refractivity contribution is 14.1. The van der Waals surface area contributed by atoms with Gasteiger partial charge in [-0.1, -0.05) is 23.4 Å². The number of para-hydroxylation sites is 1. The molecule has 92 valence electrons. The van der Waals surface area contributed by atoms with E-state index in [9.17, 15) is 5.11 Å². The van der Waals surface area contributed by atoms with Crippen LogP contribution in [0.15, 0.2) is 47.6 Å². The molecule has 0 aliphatic rings. The molecule has 0 radical (unpaired) electrons. The Balaban J connectivity index is 2.10. The molecule has 2 aromatic carbocycles. The summed E-state index contributed by atoms with van der Waals surface area (Å²) in [5, 5.41) is 13.6. The summed E-state index contributed by atoms with van der Waals surface area (Å²) in [4.78, 5) is 5.22. The van der Waals surface area contributed by atoms with E-state index in [2.05, 4.69) is 50.3 Å². The lowest BCUT2D eigenvalue weighted by atomic mass is 10.2. The molecule has 0 heterocycles. The van der Waals surface area contributed by atoms with Crippen LogP contribution < -0.4 is 4.84 Å². The number of hydrogen-bond acceptors (Lipinski definition) is 3. The zero-order valence-corrected chi connectivity index (χ0v) is 13.5. The SMILES string of the molecule is Oc1c(I)cc(/C=N/Oc2ccccc2)cc1I. The summed E-state index contributed by atoms with van der Waals surface area (Å²) in [6, 6.07) is 13.0. The number of aromatic hydroxyl groups is 1. The van der Waals surface area contributed by atoms with Crippen molar-refractivity contribution in [2.75, 3.05) is 0 Å². The van der Waals surface area contributed by atoms with Crippen molar-refractivity contribution in [2.24, 2.45) is 5.16 Å². The molecule has 5 heteroatoms. The van der Waals surface area contributed by atoms with Gasteiger partial charge in [0.05, 0.1) is 13.4 Å². The van der Waals surface area contributed by atoms with Crippen molar-refractivity contribution in [3.8, 4) is 11.5 Å². The fourth-order valence-electron chi connectivity index (χ4n) is 1.29. The molecular formula is C13H9I2NO2. The Labute approximate surface area is 132 Å². The Bertz CT molecular complexity index is 547. The second kappa shape index (κ2) is 6.37. The van der Waals surface area contributed by atoms with Crippen molar-refractivity contribution >= 4 is 51.4 Å². The summed E-state index contributed by atoms with van der Waals surface area (Å²) in [6.45, 7) is 0. The molecule has 2 rings (SSSR count). The molecule has 0 saturated heterocycles. The molecule has 18 heavy (non-hydrogen) atoms. The average molecular weight is 465 g/mol. The first-order valence-electron chi connectivity index (χ1n) is 5.10. The predicted octanol–water partition coefficient (Wildman–Crippen LogP) is 4.01. The second-order valence-electron chi connectivity index (χ2n) is 3.47. The summed E-state index contributed by atoms with van der Waals surface area (Å²) in [6.07, 6.45) is 1.62. The molecule has 3 nitrogen and oxygen atoms in total. The van der Waals surface area contributed by atoms with Crippen LogP contribution in [0.3, 0.4) is 0 Å². The van der Waals surface area contributed by atoms with Crippen molar-refractivity contribution in [3.05, 3.63) is 55.2 Å². The molecule has 1 N–H and O–H groups in total. The fraction of sp³-hybridized carbons (Fsp3) is 0. The molecule has 0 fully saturated rings. The van der Waals surface area contributed by atoms with Crippen LogP contribution in [0.1, 0.15) is 5.56 Å². The van der Waals surface area contributed by atoms with Crippen molar-refractivity contribution in [1.29, 1.82) is 0 Å². The minimum atomic E-state index is 0.303. The number of benzene rings is 2. The number of nitrogens with zero attached hydrogens (tertiary/aromatic N) is 1. The lowest BCUT2D eigenvalue weighted by Crippen LogP contribution is -1.89. The van der Waals surface area contributed by atoms with Crippen LogP contribution in [0.25, 0.3) is 0 Å². The zero-order valence-electron chi connectivity index (χ0n) is 9.18. The first-order chi connectivity index (χ1) is 8.66. The molecular weight excluding hydrogens is 456 g/mol. The van der Waals surface area contributed by atoms with Gasteiger partial charge in [0, 0.05) is 0 Å². The van der Waals surface area contributed by atoms with Crippen LogP contribution in [0.4, 0.5) is 0 Å². The van der Waals surface area contributed by atoms with E-state index in [4.69, 9.17) is 4.84 Å². The number of oxime groups is 1. The monoisotopic (exact) mass is 465 g/mol. The molecule has 2 aromatic rings. The summed E-state index contributed by atoms with van der Waals surface area (Å²) in [5.74, 6) is 0.995. The molecule has 0 unspecified atom stereocenters. The van der Waals surface area contributed by atoms with Crippen molar-refractivity contribution in [2.45, 2.75) is 0 Å². The standard InChI is InChI=1S/C13H9I2NO2/c14-11-6-9(7-12(15)13(11)17)8-16-18-10-4-2-1-3-5-10/h1-8,17H/b16-8+. The zero-order chi connectivity index (χ0) is 13.0. The highest BCUT2D eigenvalue weighted by Gasteiger charge is 2.04. The van der Waals surface area contributed by atoms with Gasteiger partial charge in [0.15, 0.2) is 5.75 Å². The summed E-state index contributed by atoms with van der Waals surface area (Å²) in [5.41, 5.74) is 0.887. The molecule has 0 aliphatic heterocycles. The van der Waals surface area contributed by atoms with Gasteiger partial charge in [-0.2, -0.15) is 0 Å². The lowest BCUT2D eigenvalue weighted by Gasteiger charge is -2.02. The lowest BCUT2D eigenvalue weighted by molar-refractivity contribution is 0.344. The quantitative estimate of drug-likeness (QED) is 0.423. The molecule has 0 aromatic heterocycles. The van der Waals surface area contributed by atoms with E-state index in [1.165, 1.54) is 0 Å². The predicted molar refractivity (Wildman–Crippen MR) is 88.2 cm³/mol. The third-order valence-electron chi connectivity index (χ3n) is 2.14. The Morgan fingerprint density at radius 2 is 1.67 bits per heavy atom. The van der Waals surface area contributed by atoms with E-state index in [-0.39, 0.29) is 0 Å². The average Bonchev–Trinajstić information content (AvgIpc) is 2.37. The Morgan fingerprint density at radius 3 is 2.28 bits per heavy atom. The van der Waals surface area contributed by atoms with Gasteiger partial charge in [-0.15, -0.1) is 0 Å². The molecule has 0 saturated carbocycles. The van der Waals surface area contributed by atoms with Gasteiger partial charge in [0.25, 0.3) is 0 Å².